The first-order valence-corrected chi connectivity index (χ1v) is 8.94. The molecule has 3 rings (SSSR count). The van der Waals surface area contributed by atoms with Crippen LogP contribution in [-0.4, -0.2) is 35.9 Å². The van der Waals surface area contributed by atoms with Crippen molar-refractivity contribution in [3.05, 3.63) is 77.0 Å². The summed E-state index contributed by atoms with van der Waals surface area (Å²) in [5, 5.41) is 0.425. The highest BCUT2D eigenvalue weighted by molar-refractivity contribution is 6.12. The number of pyridine rings is 1. The normalized spacial score (nSPS) is 10.5. The van der Waals surface area contributed by atoms with Crippen molar-refractivity contribution in [2.24, 2.45) is 0 Å². The van der Waals surface area contributed by atoms with Gasteiger partial charge in [0.2, 0.25) is 5.78 Å². The fraction of sp³-hybridized carbons (Fsp3) is 0.182. The van der Waals surface area contributed by atoms with Gasteiger partial charge < -0.3 is 9.47 Å². The molecule has 0 aliphatic rings. The first-order valence-electron chi connectivity index (χ1n) is 8.94. The molecule has 6 nitrogen and oxygen atoms in total. The van der Waals surface area contributed by atoms with Crippen molar-refractivity contribution in [2.75, 3.05) is 13.2 Å². The molecule has 0 bridgehead atoms. The van der Waals surface area contributed by atoms with Gasteiger partial charge in [-0.1, -0.05) is 30.3 Å². The number of rotatable bonds is 6. The zero-order chi connectivity index (χ0) is 20.1. The van der Waals surface area contributed by atoms with Gasteiger partial charge in [-0.2, -0.15) is 0 Å². The molecule has 0 amide bonds. The van der Waals surface area contributed by atoms with E-state index < -0.39 is 11.9 Å². The summed E-state index contributed by atoms with van der Waals surface area (Å²) in [6, 6.07) is 14.8. The van der Waals surface area contributed by atoms with Crippen LogP contribution in [0.4, 0.5) is 0 Å². The smallest absolute Gasteiger partial charge is 0.338 e. The van der Waals surface area contributed by atoms with Crippen LogP contribution in [0.5, 0.6) is 0 Å². The molecule has 0 fully saturated rings. The second-order valence-electron chi connectivity index (χ2n) is 5.92. The van der Waals surface area contributed by atoms with E-state index in [0.717, 1.165) is 0 Å². The van der Waals surface area contributed by atoms with Crippen LogP contribution in [0.15, 0.2) is 54.6 Å². The van der Waals surface area contributed by atoms with E-state index in [4.69, 9.17) is 9.47 Å². The van der Waals surface area contributed by atoms with Gasteiger partial charge in [-0.3, -0.25) is 4.79 Å². The number of carbonyl (C=O) groups is 3. The Labute approximate surface area is 162 Å². The standard InChI is InChI=1S/C22H19NO5/c1-3-27-21(25)15-10-11-18-16(12-15)17(22(26)28-4-2)13-19(23-18)20(24)14-8-6-5-7-9-14/h5-13H,3-4H2,1-2H3. The maximum absolute atomic E-state index is 12.8. The third-order valence-corrected chi connectivity index (χ3v) is 4.08. The molecule has 0 N–H and O–H groups in total. The SMILES string of the molecule is CCOC(=O)c1ccc2nc(C(=O)c3ccccc3)cc(C(=O)OCC)c2c1. The number of nitrogens with zero attached hydrogens (tertiary/aromatic N) is 1. The Morgan fingerprint density at radius 1 is 0.821 bits per heavy atom. The topological polar surface area (TPSA) is 82.6 Å². The number of hydrogen-bond donors (Lipinski definition) is 0. The third kappa shape index (κ3) is 3.91. The largest absolute Gasteiger partial charge is 0.462 e. The van der Waals surface area contributed by atoms with Crippen molar-refractivity contribution < 1.29 is 23.9 Å². The van der Waals surface area contributed by atoms with E-state index in [1.807, 2.05) is 6.07 Å². The highest BCUT2D eigenvalue weighted by Crippen LogP contribution is 2.23. The molecule has 0 spiro atoms. The van der Waals surface area contributed by atoms with Gasteiger partial charge in [-0.15, -0.1) is 0 Å². The average molecular weight is 377 g/mol. The van der Waals surface area contributed by atoms with Crippen molar-refractivity contribution in [3.63, 3.8) is 0 Å². The van der Waals surface area contributed by atoms with E-state index in [0.29, 0.717) is 22.0 Å². The highest BCUT2D eigenvalue weighted by atomic mass is 16.5. The van der Waals surface area contributed by atoms with Crippen LogP contribution in [0.1, 0.15) is 50.6 Å². The summed E-state index contributed by atoms with van der Waals surface area (Å²) in [7, 11) is 0. The van der Waals surface area contributed by atoms with E-state index in [1.165, 1.54) is 12.1 Å². The summed E-state index contributed by atoms with van der Waals surface area (Å²) in [6.07, 6.45) is 0. The van der Waals surface area contributed by atoms with Crippen LogP contribution < -0.4 is 0 Å². The second kappa shape index (κ2) is 8.43. The van der Waals surface area contributed by atoms with Crippen molar-refractivity contribution >= 4 is 28.6 Å². The Hall–Kier alpha value is -3.54. The van der Waals surface area contributed by atoms with Crippen molar-refractivity contribution in [1.29, 1.82) is 0 Å². The first kappa shape index (κ1) is 19.2. The van der Waals surface area contributed by atoms with Gasteiger partial charge in [0.05, 0.1) is 29.9 Å². The minimum Gasteiger partial charge on any atom is -0.462 e. The summed E-state index contributed by atoms with van der Waals surface area (Å²) in [4.78, 5) is 41.7. The number of ketones is 1. The number of carbonyl (C=O) groups excluding carboxylic acids is 3. The first-order chi connectivity index (χ1) is 13.5. The van der Waals surface area contributed by atoms with Crippen LogP contribution in [-0.2, 0) is 9.47 Å². The van der Waals surface area contributed by atoms with Crippen LogP contribution in [0.2, 0.25) is 0 Å². The van der Waals surface area contributed by atoms with Crippen LogP contribution in [0, 0.1) is 0 Å². The zero-order valence-corrected chi connectivity index (χ0v) is 15.6. The molecule has 6 heteroatoms. The predicted octanol–water partition coefficient (Wildman–Crippen LogP) is 3.82. The quantitative estimate of drug-likeness (QED) is 0.480. The Morgan fingerprint density at radius 2 is 1.50 bits per heavy atom. The molecule has 1 aromatic heterocycles. The number of hydrogen-bond acceptors (Lipinski definition) is 6. The van der Waals surface area contributed by atoms with E-state index >= 15 is 0 Å². The fourth-order valence-electron chi connectivity index (χ4n) is 2.80. The van der Waals surface area contributed by atoms with Crippen LogP contribution in [0.3, 0.4) is 0 Å². The number of esters is 2. The Balaban J connectivity index is 2.16. The molecule has 142 valence electrons. The Kier molecular flexibility index (Phi) is 5.79. The summed E-state index contributed by atoms with van der Waals surface area (Å²) < 4.78 is 10.1. The van der Waals surface area contributed by atoms with Gasteiger partial charge in [0.1, 0.15) is 5.69 Å². The average Bonchev–Trinajstić information content (AvgIpc) is 2.73. The summed E-state index contributed by atoms with van der Waals surface area (Å²) in [6.45, 7) is 3.83. The van der Waals surface area contributed by atoms with Crippen LogP contribution in [0.25, 0.3) is 10.9 Å². The third-order valence-electron chi connectivity index (χ3n) is 4.08. The zero-order valence-electron chi connectivity index (χ0n) is 15.6. The summed E-state index contributed by atoms with van der Waals surface area (Å²) in [5.74, 6) is -1.39. The molecule has 0 aliphatic heterocycles. The van der Waals surface area contributed by atoms with Gasteiger partial charge in [0.25, 0.3) is 0 Å². The lowest BCUT2D eigenvalue weighted by Crippen LogP contribution is -2.11. The maximum atomic E-state index is 12.8. The summed E-state index contributed by atoms with van der Waals surface area (Å²) >= 11 is 0. The number of ether oxygens (including phenoxy) is 2. The van der Waals surface area contributed by atoms with Gasteiger partial charge in [0, 0.05) is 10.9 Å². The van der Waals surface area contributed by atoms with Crippen molar-refractivity contribution in [1.82, 2.24) is 4.98 Å². The monoisotopic (exact) mass is 377 g/mol. The van der Waals surface area contributed by atoms with Gasteiger partial charge >= 0.3 is 11.9 Å². The molecule has 3 aromatic rings. The lowest BCUT2D eigenvalue weighted by atomic mass is 10.0. The molecule has 1 heterocycles. The van der Waals surface area contributed by atoms with Gasteiger partial charge in [-0.25, -0.2) is 14.6 Å². The van der Waals surface area contributed by atoms with Crippen molar-refractivity contribution in [2.45, 2.75) is 13.8 Å². The van der Waals surface area contributed by atoms with E-state index in [1.54, 1.807) is 50.2 Å². The molecule has 0 atom stereocenters. The number of benzene rings is 2. The van der Waals surface area contributed by atoms with Gasteiger partial charge in [-0.05, 0) is 38.1 Å². The Morgan fingerprint density at radius 3 is 2.18 bits per heavy atom. The number of aromatic nitrogens is 1. The molecule has 0 aliphatic carbocycles. The Bertz CT molecular complexity index is 1040. The van der Waals surface area contributed by atoms with Gasteiger partial charge in [0.15, 0.2) is 0 Å². The molecule has 2 aromatic carbocycles. The van der Waals surface area contributed by atoms with E-state index in [2.05, 4.69) is 4.98 Å². The number of fused-ring (bicyclic) bond motifs is 1. The molecule has 0 saturated heterocycles. The molecule has 0 radical (unpaired) electrons. The molecule has 0 saturated carbocycles. The lowest BCUT2D eigenvalue weighted by molar-refractivity contribution is 0.0515. The minimum atomic E-state index is -0.585. The van der Waals surface area contributed by atoms with Crippen LogP contribution >= 0.6 is 0 Å². The summed E-state index contributed by atoms with van der Waals surface area (Å²) in [5.41, 5.74) is 1.48. The molecular weight excluding hydrogens is 358 g/mol. The fourth-order valence-corrected chi connectivity index (χ4v) is 2.80. The maximum Gasteiger partial charge on any atom is 0.338 e. The molecule has 28 heavy (non-hydrogen) atoms. The lowest BCUT2D eigenvalue weighted by Gasteiger charge is -2.10. The predicted molar refractivity (Wildman–Crippen MR) is 104 cm³/mol. The molecule has 0 unspecified atom stereocenters. The highest BCUT2D eigenvalue weighted by Gasteiger charge is 2.20. The minimum absolute atomic E-state index is 0.130. The molecular formula is C22H19NO5. The van der Waals surface area contributed by atoms with E-state index in [9.17, 15) is 14.4 Å². The van der Waals surface area contributed by atoms with E-state index in [-0.39, 0.29) is 30.3 Å². The second-order valence-corrected chi connectivity index (χ2v) is 5.92. The van der Waals surface area contributed by atoms with Crippen molar-refractivity contribution in [3.8, 4) is 0 Å².